The lowest BCUT2D eigenvalue weighted by Gasteiger charge is -2.26. The molecule has 0 fully saturated rings. The van der Waals surface area contributed by atoms with Gasteiger partial charge in [-0.25, -0.2) is 0 Å². The molecule has 0 unspecified atom stereocenters. The highest BCUT2D eigenvalue weighted by Gasteiger charge is 2.23. The molecule has 0 aromatic heterocycles. The fraction of sp³-hybridized carbons (Fsp3) is 0.294. The zero-order chi connectivity index (χ0) is 16.3. The van der Waals surface area contributed by atoms with Gasteiger partial charge in [-0.3, -0.25) is 9.59 Å². The first-order valence-electron chi connectivity index (χ1n) is 7.04. The number of phenolic OH excluding ortho intramolecular Hbond substituents is 1. The van der Waals surface area contributed by atoms with Gasteiger partial charge in [0.2, 0.25) is 0 Å². The van der Waals surface area contributed by atoms with Crippen molar-refractivity contribution in [1.29, 1.82) is 0 Å². The van der Waals surface area contributed by atoms with Crippen LogP contribution in [0.1, 0.15) is 37.0 Å². The third kappa shape index (κ3) is 3.75. The van der Waals surface area contributed by atoms with Crippen LogP contribution in [0.3, 0.4) is 0 Å². The van der Waals surface area contributed by atoms with Gasteiger partial charge < -0.3 is 15.5 Å². The van der Waals surface area contributed by atoms with Crippen molar-refractivity contribution in [2.45, 2.75) is 32.2 Å². The van der Waals surface area contributed by atoms with Crippen LogP contribution >= 0.6 is 0 Å². The van der Waals surface area contributed by atoms with E-state index in [-0.39, 0.29) is 17.7 Å². The first-order chi connectivity index (χ1) is 10.3. The zero-order valence-electron chi connectivity index (χ0n) is 12.6. The third-order valence-electron chi connectivity index (χ3n) is 3.52. The van der Waals surface area contributed by atoms with Crippen molar-refractivity contribution in [3.05, 3.63) is 42.0 Å². The second-order valence-corrected chi connectivity index (χ2v) is 5.95. The summed E-state index contributed by atoms with van der Waals surface area (Å²) < 4.78 is 0. The third-order valence-corrected chi connectivity index (χ3v) is 3.52. The summed E-state index contributed by atoms with van der Waals surface area (Å²) in [6, 6.07) is 10.6. The number of carbonyl (C=O) groups excluding carboxylic acids is 1. The summed E-state index contributed by atoms with van der Waals surface area (Å²) >= 11 is 0. The predicted molar refractivity (Wildman–Crippen MR) is 84.0 cm³/mol. The molecule has 116 valence electrons. The Labute approximate surface area is 128 Å². The first kappa shape index (κ1) is 15.8. The number of hydrogen-bond donors (Lipinski definition) is 3. The van der Waals surface area contributed by atoms with Gasteiger partial charge in [0.1, 0.15) is 5.75 Å². The lowest BCUT2D eigenvalue weighted by molar-refractivity contribution is -0.137. The van der Waals surface area contributed by atoms with Crippen LogP contribution in [0, 0.1) is 0 Å². The Bertz CT molecular complexity index is 722. The largest absolute Gasteiger partial charge is 0.507 e. The van der Waals surface area contributed by atoms with Crippen LogP contribution < -0.4 is 5.32 Å². The number of carboxylic acids is 1. The van der Waals surface area contributed by atoms with Crippen molar-refractivity contribution in [2.75, 3.05) is 0 Å². The molecule has 0 spiro atoms. The summed E-state index contributed by atoms with van der Waals surface area (Å²) in [7, 11) is 0. The Morgan fingerprint density at radius 1 is 1.14 bits per heavy atom. The number of phenols is 1. The molecule has 2 aromatic rings. The summed E-state index contributed by atoms with van der Waals surface area (Å²) in [4.78, 5) is 23.0. The fourth-order valence-electron chi connectivity index (χ4n) is 2.27. The molecule has 0 radical (unpaired) electrons. The van der Waals surface area contributed by atoms with Crippen LogP contribution in [0.15, 0.2) is 36.4 Å². The number of aliphatic carboxylic acids is 1. The Kier molecular flexibility index (Phi) is 4.35. The molecule has 0 saturated carbocycles. The molecule has 22 heavy (non-hydrogen) atoms. The van der Waals surface area contributed by atoms with E-state index in [0.29, 0.717) is 6.42 Å². The number of aromatic hydroxyl groups is 1. The van der Waals surface area contributed by atoms with Gasteiger partial charge >= 0.3 is 5.97 Å². The molecular weight excluding hydrogens is 282 g/mol. The number of hydrogen-bond acceptors (Lipinski definition) is 3. The highest BCUT2D eigenvalue weighted by Crippen LogP contribution is 2.25. The van der Waals surface area contributed by atoms with Crippen LogP contribution in [-0.4, -0.2) is 27.6 Å². The Morgan fingerprint density at radius 3 is 2.32 bits per heavy atom. The fourth-order valence-corrected chi connectivity index (χ4v) is 2.27. The molecule has 0 saturated heterocycles. The average molecular weight is 301 g/mol. The van der Waals surface area contributed by atoms with Crippen LogP contribution in [-0.2, 0) is 4.79 Å². The number of amides is 1. The molecule has 1 amide bonds. The number of carboxylic acid groups (broad SMARTS) is 1. The van der Waals surface area contributed by atoms with Gasteiger partial charge in [0.15, 0.2) is 0 Å². The van der Waals surface area contributed by atoms with Crippen LogP contribution in [0.2, 0.25) is 0 Å². The van der Waals surface area contributed by atoms with E-state index in [1.54, 1.807) is 26.0 Å². The highest BCUT2D eigenvalue weighted by atomic mass is 16.4. The number of nitrogens with one attached hydrogen (secondary N) is 1. The van der Waals surface area contributed by atoms with Gasteiger partial charge in [-0.2, -0.15) is 0 Å². The summed E-state index contributed by atoms with van der Waals surface area (Å²) in [6.45, 7) is 3.51. The summed E-state index contributed by atoms with van der Waals surface area (Å²) in [5.41, 5.74) is -0.491. The lowest BCUT2D eigenvalue weighted by atomic mass is 9.97. The van der Waals surface area contributed by atoms with Crippen molar-refractivity contribution in [3.63, 3.8) is 0 Å². The predicted octanol–water partition coefficient (Wildman–Crippen LogP) is 2.92. The van der Waals surface area contributed by atoms with Crippen LogP contribution in [0.5, 0.6) is 5.75 Å². The van der Waals surface area contributed by atoms with E-state index in [2.05, 4.69) is 5.32 Å². The van der Waals surface area contributed by atoms with Gasteiger partial charge in [-0.1, -0.05) is 24.3 Å². The number of rotatable bonds is 5. The molecule has 0 heterocycles. The quantitative estimate of drug-likeness (QED) is 0.792. The second kappa shape index (κ2) is 6.05. The maximum Gasteiger partial charge on any atom is 0.303 e. The number of fused-ring (bicyclic) bond motifs is 1. The second-order valence-electron chi connectivity index (χ2n) is 5.95. The van der Waals surface area contributed by atoms with Crippen LogP contribution in [0.25, 0.3) is 10.8 Å². The Balaban J connectivity index is 2.22. The normalized spacial score (nSPS) is 11.4. The molecule has 0 atom stereocenters. The molecule has 2 rings (SSSR count). The molecule has 0 bridgehead atoms. The molecule has 0 aliphatic heterocycles. The molecule has 5 nitrogen and oxygen atoms in total. The molecule has 3 N–H and O–H groups in total. The topological polar surface area (TPSA) is 86.6 Å². The lowest BCUT2D eigenvalue weighted by Crippen LogP contribution is -2.43. The highest BCUT2D eigenvalue weighted by molar-refractivity contribution is 6.01. The smallest absolute Gasteiger partial charge is 0.303 e. The van der Waals surface area contributed by atoms with Gasteiger partial charge in [0, 0.05) is 12.0 Å². The monoisotopic (exact) mass is 301 g/mol. The van der Waals surface area contributed by atoms with Crippen molar-refractivity contribution >= 4 is 22.6 Å². The van der Waals surface area contributed by atoms with Gasteiger partial charge in [0.25, 0.3) is 5.91 Å². The number of benzene rings is 2. The molecule has 0 aliphatic rings. The van der Waals surface area contributed by atoms with Gasteiger partial charge in [0.05, 0.1) is 5.56 Å². The standard InChI is InChI=1S/C17H19NO4/c1-17(2,8-7-15(20)21)18-16(22)13-9-11-5-3-4-6-12(11)10-14(13)19/h3-6,9-10,19H,7-8H2,1-2H3,(H,18,22)(H,20,21). The molecule has 0 aliphatic carbocycles. The minimum atomic E-state index is -0.907. The van der Waals surface area contributed by atoms with Gasteiger partial charge in [-0.15, -0.1) is 0 Å². The van der Waals surface area contributed by atoms with E-state index in [1.807, 2.05) is 24.3 Å². The van der Waals surface area contributed by atoms with E-state index < -0.39 is 17.4 Å². The molecule has 5 heteroatoms. The van der Waals surface area contributed by atoms with Crippen LogP contribution in [0.4, 0.5) is 0 Å². The average Bonchev–Trinajstić information content (AvgIpc) is 2.44. The maximum absolute atomic E-state index is 12.4. The van der Waals surface area contributed by atoms with Gasteiger partial charge in [-0.05, 0) is 43.2 Å². The van der Waals surface area contributed by atoms with E-state index in [0.717, 1.165) is 10.8 Å². The molecule has 2 aromatic carbocycles. The van der Waals surface area contributed by atoms with Crippen molar-refractivity contribution in [2.24, 2.45) is 0 Å². The molecular formula is C17H19NO4. The minimum absolute atomic E-state index is 0.0308. The van der Waals surface area contributed by atoms with Crippen molar-refractivity contribution in [3.8, 4) is 5.75 Å². The van der Waals surface area contributed by atoms with E-state index in [1.165, 1.54) is 0 Å². The SMILES string of the molecule is CC(C)(CCC(=O)O)NC(=O)c1cc2ccccc2cc1O. The minimum Gasteiger partial charge on any atom is -0.507 e. The van der Waals surface area contributed by atoms with Crippen molar-refractivity contribution in [1.82, 2.24) is 5.32 Å². The summed E-state index contributed by atoms with van der Waals surface area (Å²) in [5, 5.41) is 23.3. The maximum atomic E-state index is 12.4. The Morgan fingerprint density at radius 2 is 1.73 bits per heavy atom. The van der Waals surface area contributed by atoms with E-state index >= 15 is 0 Å². The number of carbonyl (C=O) groups is 2. The first-order valence-corrected chi connectivity index (χ1v) is 7.04. The van der Waals surface area contributed by atoms with Crippen molar-refractivity contribution < 1.29 is 19.8 Å². The summed E-state index contributed by atoms with van der Waals surface area (Å²) in [6.07, 6.45) is 0.277. The summed E-state index contributed by atoms with van der Waals surface area (Å²) in [5.74, 6) is -1.42. The van der Waals surface area contributed by atoms with E-state index in [9.17, 15) is 14.7 Å². The van der Waals surface area contributed by atoms with E-state index in [4.69, 9.17) is 5.11 Å². The zero-order valence-corrected chi connectivity index (χ0v) is 12.6. The Hall–Kier alpha value is -2.56.